The summed E-state index contributed by atoms with van der Waals surface area (Å²) in [4.78, 5) is 33.0. The van der Waals surface area contributed by atoms with Gasteiger partial charge in [-0.05, 0) is 24.3 Å². The van der Waals surface area contributed by atoms with Crippen molar-refractivity contribution >= 4 is 28.5 Å². The molecule has 0 saturated heterocycles. The quantitative estimate of drug-likeness (QED) is 0.467. The van der Waals surface area contributed by atoms with Crippen molar-refractivity contribution < 1.29 is 9.32 Å². The second-order valence-electron chi connectivity index (χ2n) is 5.77. The molecule has 136 valence electrons. The second-order valence-corrected chi connectivity index (χ2v) is 6.21. The predicted molar refractivity (Wildman–Crippen MR) is 93.5 cm³/mol. The molecule has 4 rings (SSSR count). The van der Waals surface area contributed by atoms with Gasteiger partial charge in [0, 0.05) is 17.6 Å². The number of carbonyl (C=O) groups excluding carboxylic acids is 1. The lowest BCUT2D eigenvalue weighted by atomic mass is 10.1. The number of hydrogen-bond donors (Lipinski definition) is 0. The van der Waals surface area contributed by atoms with Gasteiger partial charge in [0.1, 0.15) is 12.9 Å². The summed E-state index contributed by atoms with van der Waals surface area (Å²) in [5, 5.41) is 11.9. The SMILES string of the molecule is Cn1nnc2ncn(Cc3nc(CC(=O)c4ccc(Cl)cc4)no3)c(=O)c21. The van der Waals surface area contributed by atoms with Crippen LogP contribution in [0.15, 0.2) is 39.9 Å². The number of nitrogens with zero attached hydrogens (tertiary/aromatic N) is 7. The third-order valence-electron chi connectivity index (χ3n) is 3.89. The van der Waals surface area contributed by atoms with E-state index in [2.05, 4.69) is 25.4 Å². The van der Waals surface area contributed by atoms with Crippen LogP contribution in [-0.2, 0) is 20.0 Å². The summed E-state index contributed by atoms with van der Waals surface area (Å²) in [5.74, 6) is 0.252. The first-order chi connectivity index (χ1) is 13.0. The molecular formula is C16H12ClN7O3. The van der Waals surface area contributed by atoms with E-state index >= 15 is 0 Å². The van der Waals surface area contributed by atoms with Gasteiger partial charge < -0.3 is 4.52 Å². The van der Waals surface area contributed by atoms with Gasteiger partial charge in [0.05, 0.1) is 6.42 Å². The lowest BCUT2D eigenvalue weighted by molar-refractivity contribution is 0.0990. The molecule has 3 aromatic heterocycles. The average molecular weight is 386 g/mol. The molecule has 1 aromatic carbocycles. The Morgan fingerprint density at radius 1 is 1.26 bits per heavy atom. The first kappa shape index (κ1) is 17.0. The van der Waals surface area contributed by atoms with Crippen molar-refractivity contribution in [2.75, 3.05) is 0 Å². The number of rotatable bonds is 5. The standard InChI is InChI=1S/C16H12ClN7O3/c1-23-14-15(20-22-23)18-8-24(16(14)26)7-13-19-12(21-27-13)6-11(25)9-2-4-10(17)5-3-9/h2-5,8H,6-7H2,1H3. The minimum Gasteiger partial charge on any atom is -0.337 e. The summed E-state index contributed by atoms with van der Waals surface area (Å²) in [6.07, 6.45) is 1.31. The van der Waals surface area contributed by atoms with E-state index in [1.54, 1.807) is 31.3 Å². The van der Waals surface area contributed by atoms with Crippen molar-refractivity contribution in [3.63, 3.8) is 0 Å². The van der Waals surface area contributed by atoms with E-state index in [4.69, 9.17) is 16.1 Å². The summed E-state index contributed by atoms with van der Waals surface area (Å²) < 4.78 is 7.81. The molecule has 4 aromatic rings. The number of hydrogen-bond acceptors (Lipinski definition) is 8. The number of fused-ring (bicyclic) bond motifs is 1. The lowest BCUT2D eigenvalue weighted by Gasteiger charge is -2.00. The summed E-state index contributed by atoms with van der Waals surface area (Å²) >= 11 is 5.82. The van der Waals surface area contributed by atoms with Crippen LogP contribution < -0.4 is 5.56 Å². The molecule has 0 aliphatic rings. The molecule has 10 nitrogen and oxygen atoms in total. The van der Waals surface area contributed by atoms with Gasteiger partial charge in [-0.15, -0.1) is 5.10 Å². The highest BCUT2D eigenvalue weighted by Gasteiger charge is 2.15. The molecule has 3 heterocycles. The molecule has 0 atom stereocenters. The van der Waals surface area contributed by atoms with Crippen LogP contribution in [0.5, 0.6) is 0 Å². The zero-order valence-corrected chi connectivity index (χ0v) is 14.8. The Morgan fingerprint density at radius 2 is 2.04 bits per heavy atom. The van der Waals surface area contributed by atoms with Crippen molar-refractivity contribution in [3.05, 3.63) is 63.2 Å². The number of benzene rings is 1. The van der Waals surface area contributed by atoms with Gasteiger partial charge in [-0.1, -0.05) is 22.0 Å². The minimum atomic E-state index is -0.329. The molecule has 0 aliphatic carbocycles. The minimum absolute atomic E-state index is 0.0229. The smallest absolute Gasteiger partial charge is 0.281 e. The van der Waals surface area contributed by atoms with E-state index in [1.165, 1.54) is 15.6 Å². The van der Waals surface area contributed by atoms with Crippen molar-refractivity contribution in [3.8, 4) is 0 Å². The highest BCUT2D eigenvalue weighted by Crippen LogP contribution is 2.12. The Bertz CT molecular complexity index is 1190. The molecule has 0 spiro atoms. The monoisotopic (exact) mass is 385 g/mol. The highest BCUT2D eigenvalue weighted by atomic mass is 35.5. The maximum Gasteiger partial charge on any atom is 0.281 e. The number of carbonyl (C=O) groups is 1. The number of ketones is 1. The zero-order valence-electron chi connectivity index (χ0n) is 14.0. The normalized spacial score (nSPS) is 11.2. The second kappa shape index (κ2) is 6.72. The molecule has 11 heteroatoms. The van der Waals surface area contributed by atoms with Crippen LogP contribution >= 0.6 is 11.6 Å². The van der Waals surface area contributed by atoms with Crippen molar-refractivity contribution in [2.24, 2.45) is 7.05 Å². The van der Waals surface area contributed by atoms with E-state index in [0.29, 0.717) is 10.6 Å². The van der Waals surface area contributed by atoms with Crippen LogP contribution in [-0.4, -0.2) is 40.5 Å². The Kier molecular flexibility index (Phi) is 4.24. The third kappa shape index (κ3) is 3.34. The van der Waals surface area contributed by atoms with Gasteiger partial charge >= 0.3 is 0 Å². The fraction of sp³-hybridized carbons (Fsp3) is 0.188. The molecule has 0 fully saturated rings. The maximum atomic E-state index is 12.5. The van der Waals surface area contributed by atoms with Crippen LogP contribution in [0.25, 0.3) is 11.2 Å². The van der Waals surface area contributed by atoms with E-state index < -0.39 is 0 Å². The summed E-state index contributed by atoms with van der Waals surface area (Å²) in [6, 6.07) is 6.54. The van der Waals surface area contributed by atoms with E-state index in [9.17, 15) is 9.59 Å². The first-order valence-corrected chi connectivity index (χ1v) is 8.24. The number of halogens is 1. The Morgan fingerprint density at radius 3 is 2.81 bits per heavy atom. The number of aryl methyl sites for hydroxylation is 1. The Labute approximate surface area is 156 Å². The van der Waals surface area contributed by atoms with Crippen LogP contribution in [0.2, 0.25) is 5.02 Å². The lowest BCUT2D eigenvalue weighted by Crippen LogP contribution is -2.22. The molecule has 0 aliphatic heterocycles. The molecule has 0 saturated carbocycles. The predicted octanol–water partition coefficient (Wildman–Crippen LogP) is 1.04. The van der Waals surface area contributed by atoms with Crippen molar-refractivity contribution in [2.45, 2.75) is 13.0 Å². The van der Waals surface area contributed by atoms with E-state index in [1.807, 2.05) is 0 Å². The van der Waals surface area contributed by atoms with Crippen LogP contribution in [0.3, 0.4) is 0 Å². The largest absolute Gasteiger partial charge is 0.337 e. The summed E-state index contributed by atoms with van der Waals surface area (Å²) in [7, 11) is 1.61. The van der Waals surface area contributed by atoms with Gasteiger partial charge in [-0.3, -0.25) is 14.2 Å². The number of Topliss-reactive ketones (excluding diaryl/α,β-unsaturated/α-hetero) is 1. The molecule has 0 radical (unpaired) electrons. The number of aromatic nitrogens is 7. The van der Waals surface area contributed by atoms with Gasteiger partial charge in [-0.25, -0.2) is 9.67 Å². The van der Waals surface area contributed by atoms with E-state index in [0.717, 1.165) is 0 Å². The zero-order chi connectivity index (χ0) is 19.0. The van der Waals surface area contributed by atoms with Crippen LogP contribution in [0.1, 0.15) is 22.1 Å². The van der Waals surface area contributed by atoms with Crippen LogP contribution in [0.4, 0.5) is 0 Å². The average Bonchev–Trinajstić information content (AvgIpc) is 3.25. The summed E-state index contributed by atoms with van der Waals surface area (Å²) in [5.41, 5.74) is 0.707. The van der Waals surface area contributed by atoms with Gasteiger partial charge in [0.25, 0.3) is 5.56 Å². The first-order valence-electron chi connectivity index (χ1n) is 7.86. The molecule has 0 unspecified atom stereocenters. The van der Waals surface area contributed by atoms with E-state index in [-0.39, 0.29) is 47.2 Å². The topological polar surface area (TPSA) is 122 Å². The Balaban J connectivity index is 1.52. The van der Waals surface area contributed by atoms with Crippen molar-refractivity contribution in [1.29, 1.82) is 0 Å². The van der Waals surface area contributed by atoms with Crippen LogP contribution in [0, 0.1) is 0 Å². The van der Waals surface area contributed by atoms with Crippen molar-refractivity contribution in [1.82, 2.24) is 34.7 Å². The molecule has 0 N–H and O–H groups in total. The fourth-order valence-corrected chi connectivity index (χ4v) is 2.67. The molecule has 0 amide bonds. The maximum absolute atomic E-state index is 12.5. The highest BCUT2D eigenvalue weighted by molar-refractivity contribution is 6.30. The third-order valence-corrected chi connectivity index (χ3v) is 4.14. The molecule has 27 heavy (non-hydrogen) atoms. The Hall–Kier alpha value is -3.40. The molecule has 0 bridgehead atoms. The molecular weight excluding hydrogens is 374 g/mol. The van der Waals surface area contributed by atoms with Gasteiger partial charge in [0.2, 0.25) is 11.5 Å². The summed E-state index contributed by atoms with van der Waals surface area (Å²) in [6.45, 7) is 0.0229. The fourth-order valence-electron chi connectivity index (χ4n) is 2.55. The van der Waals surface area contributed by atoms with Gasteiger partial charge in [0.15, 0.2) is 17.1 Å². The van der Waals surface area contributed by atoms with Gasteiger partial charge in [-0.2, -0.15) is 4.98 Å².